The molecular formula is C21H26N2O3. The molecule has 2 aromatic rings. The summed E-state index contributed by atoms with van der Waals surface area (Å²) < 4.78 is 5.27. The van der Waals surface area contributed by atoms with E-state index >= 15 is 0 Å². The average molecular weight is 354 g/mol. The highest BCUT2D eigenvalue weighted by Crippen LogP contribution is 2.36. The lowest BCUT2D eigenvalue weighted by Crippen LogP contribution is -2.44. The lowest BCUT2D eigenvalue weighted by molar-refractivity contribution is 0.0220. The summed E-state index contributed by atoms with van der Waals surface area (Å²) in [4.78, 5) is 12.3. The first-order valence-electron chi connectivity index (χ1n) is 8.92. The van der Waals surface area contributed by atoms with Crippen molar-refractivity contribution in [3.8, 4) is 5.75 Å². The van der Waals surface area contributed by atoms with E-state index in [9.17, 15) is 9.90 Å². The van der Waals surface area contributed by atoms with Gasteiger partial charge in [-0.2, -0.15) is 0 Å². The zero-order chi connectivity index (χ0) is 18.7. The number of benzene rings is 2. The fourth-order valence-electron chi connectivity index (χ4n) is 3.70. The third-order valence-corrected chi connectivity index (χ3v) is 4.87. The van der Waals surface area contributed by atoms with Crippen molar-refractivity contribution in [3.05, 3.63) is 58.7 Å². The molecule has 26 heavy (non-hydrogen) atoms. The summed E-state index contributed by atoms with van der Waals surface area (Å²) >= 11 is 0. The average Bonchev–Trinajstić information content (AvgIpc) is 2.59. The number of amides is 2. The minimum Gasteiger partial charge on any atom is -0.497 e. The number of urea groups is 1. The maximum Gasteiger partial charge on any atom is 0.319 e. The lowest BCUT2D eigenvalue weighted by atomic mass is 9.79. The quantitative estimate of drug-likeness (QED) is 0.785. The second-order valence-corrected chi connectivity index (χ2v) is 7.09. The van der Waals surface area contributed by atoms with Crippen molar-refractivity contribution in [1.82, 2.24) is 5.32 Å². The van der Waals surface area contributed by atoms with Crippen LogP contribution in [0.2, 0.25) is 0 Å². The molecule has 3 N–H and O–H groups in total. The molecule has 0 saturated carbocycles. The van der Waals surface area contributed by atoms with Crippen LogP contribution in [-0.4, -0.2) is 24.8 Å². The van der Waals surface area contributed by atoms with Gasteiger partial charge in [-0.3, -0.25) is 0 Å². The van der Waals surface area contributed by atoms with Gasteiger partial charge in [-0.05, 0) is 79.6 Å². The zero-order valence-electron chi connectivity index (χ0n) is 15.6. The standard InChI is InChI=1S/C21H26N2O3/c1-14-9-15(2)11-17(10-14)23-20(24)22-13-21(25)8-4-5-16-12-18(26-3)6-7-19(16)21/h6-7,9-12,25H,4-5,8,13H2,1-3H3,(H2,22,23,24). The predicted octanol–water partition coefficient (Wildman–Crippen LogP) is 3.66. The minimum atomic E-state index is -1.06. The van der Waals surface area contributed by atoms with Crippen LogP contribution in [0.15, 0.2) is 36.4 Å². The van der Waals surface area contributed by atoms with E-state index in [0.29, 0.717) is 6.42 Å². The summed E-state index contributed by atoms with van der Waals surface area (Å²) in [6.07, 6.45) is 2.40. The van der Waals surface area contributed by atoms with E-state index in [-0.39, 0.29) is 12.6 Å². The van der Waals surface area contributed by atoms with Crippen molar-refractivity contribution < 1.29 is 14.6 Å². The molecular weight excluding hydrogens is 328 g/mol. The highest BCUT2D eigenvalue weighted by molar-refractivity contribution is 5.89. The maximum absolute atomic E-state index is 12.3. The molecule has 5 nitrogen and oxygen atoms in total. The Morgan fingerprint density at radius 3 is 2.62 bits per heavy atom. The van der Waals surface area contributed by atoms with Crippen molar-refractivity contribution >= 4 is 11.7 Å². The molecule has 3 rings (SSSR count). The molecule has 0 aliphatic heterocycles. The molecule has 0 fully saturated rings. The van der Waals surface area contributed by atoms with E-state index in [4.69, 9.17) is 4.74 Å². The summed E-state index contributed by atoms with van der Waals surface area (Å²) in [6, 6.07) is 11.3. The van der Waals surface area contributed by atoms with Crippen molar-refractivity contribution in [3.63, 3.8) is 0 Å². The Labute approximate surface area is 154 Å². The summed E-state index contributed by atoms with van der Waals surface area (Å²) in [6.45, 7) is 4.15. The van der Waals surface area contributed by atoms with Crippen LogP contribution in [0.4, 0.5) is 10.5 Å². The van der Waals surface area contributed by atoms with Crippen LogP contribution in [0.25, 0.3) is 0 Å². The molecule has 2 aromatic carbocycles. The largest absolute Gasteiger partial charge is 0.497 e. The molecule has 1 aliphatic carbocycles. The van der Waals surface area contributed by atoms with Gasteiger partial charge in [0.25, 0.3) is 0 Å². The van der Waals surface area contributed by atoms with Gasteiger partial charge in [0.2, 0.25) is 0 Å². The Bertz CT molecular complexity index is 799. The van der Waals surface area contributed by atoms with Crippen LogP contribution in [0, 0.1) is 13.8 Å². The van der Waals surface area contributed by atoms with E-state index in [1.807, 2.05) is 44.2 Å². The van der Waals surface area contributed by atoms with Crippen molar-refractivity contribution in [2.75, 3.05) is 19.0 Å². The first-order chi connectivity index (χ1) is 12.4. The number of aliphatic hydroxyl groups is 1. The monoisotopic (exact) mass is 354 g/mol. The van der Waals surface area contributed by atoms with Crippen molar-refractivity contribution in [2.45, 2.75) is 38.7 Å². The number of hydrogen-bond donors (Lipinski definition) is 3. The number of nitrogens with one attached hydrogen (secondary N) is 2. The lowest BCUT2D eigenvalue weighted by Gasteiger charge is -2.34. The van der Waals surface area contributed by atoms with E-state index in [1.165, 1.54) is 0 Å². The molecule has 0 radical (unpaired) electrons. The van der Waals surface area contributed by atoms with E-state index < -0.39 is 5.60 Å². The van der Waals surface area contributed by atoms with Crippen LogP contribution < -0.4 is 15.4 Å². The fourth-order valence-corrected chi connectivity index (χ4v) is 3.70. The number of carbonyl (C=O) groups excluding carboxylic acids is 1. The Kier molecular flexibility index (Phi) is 5.18. The highest BCUT2D eigenvalue weighted by atomic mass is 16.5. The normalized spacial score (nSPS) is 18.8. The zero-order valence-corrected chi connectivity index (χ0v) is 15.6. The number of carbonyl (C=O) groups is 1. The third kappa shape index (κ3) is 3.99. The molecule has 5 heteroatoms. The number of fused-ring (bicyclic) bond motifs is 1. The molecule has 0 aromatic heterocycles. The van der Waals surface area contributed by atoms with Crippen LogP contribution in [0.1, 0.15) is 35.1 Å². The van der Waals surface area contributed by atoms with Crippen LogP contribution in [0.3, 0.4) is 0 Å². The second-order valence-electron chi connectivity index (χ2n) is 7.09. The summed E-state index contributed by atoms with van der Waals surface area (Å²) in [5.41, 5.74) is 3.83. The molecule has 1 atom stereocenters. The van der Waals surface area contributed by atoms with Gasteiger partial charge in [0.1, 0.15) is 11.4 Å². The van der Waals surface area contributed by atoms with Gasteiger partial charge in [-0.25, -0.2) is 4.79 Å². The Hall–Kier alpha value is -2.53. The first-order valence-corrected chi connectivity index (χ1v) is 8.92. The molecule has 0 spiro atoms. The van der Waals surface area contributed by atoms with Crippen molar-refractivity contribution in [1.29, 1.82) is 0 Å². The second kappa shape index (κ2) is 7.38. The van der Waals surface area contributed by atoms with Gasteiger partial charge in [0.15, 0.2) is 0 Å². The van der Waals surface area contributed by atoms with Crippen molar-refractivity contribution in [2.24, 2.45) is 0 Å². The topological polar surface area (TPSA) is 70.6 Å². The predicted molar refractivity (Wildman–Crippen MR) is 103 cm³/mol. The SMILES string of the molecule is COc1ccc2c(c1)CCCC2(O)CNC(=O)Nc1cc(C)cc(C)c1. The number of ether oxygens (including phenoxy) is 1. The van der Waals surface area contributed by atoms with Gasteiger partial charge in [0.05, 0.1) is 13.7 Å². The summed E-state index contributed by atoms with van der Waals surface area (Å²) in [5.74, 6) is 0.786. The van der Waals surface area contributed by atoms with E-state index in [1.54, 1.807) is 7.11 Å². The van der Waals surface area contributed by atoms with Gasteiger partial charge in [0, 0.05) is 5.69 Å². The minimum absolute atomic E-state index is 0.170. The van der Waals surface area contributed by atoms with E-state index in [2.05, 4.69) is 16.7 Å². The summed E-state index contributed by atoms with van der Waals surface area (Å²) in [5, 5.41) is 16.8. The number of aryl methyl sites for hydroxylation is 3. The molecule has 138 valence electrons. The fraction of sp³-hybridized carbons (Fsp3) is 0.381. The molecule has 0 bridgehead atoms. The van der Waals surface area contributed by atoms with Crippen LogP contribution in [-0.2, 0) is 12.0 Å². The smallest absolute Gasteiger partial charge is 0.319 e. The summed E-state index contributed by atoms with van der Waals surface area (Å²) in [7, 11) is 1.63. The molecule has 1 unspecified atom stereocenters. The Morgan fingerprint density at radius 1 is 1.19 bits per heavy atom. The first kappa shape index (κ1) is 18.3. The van der Waals surface area contributed by atoms with E-state index in [0.717, 1.165) is 46.5 Å². The molecule has 1 aliphatic rings. The maximum atomic E-state index is 12.3. The highest BCUT2D eigenvalue weighted by Gasteiger charge is 2.34. The molecule has 2 amide bonds. The van der Waals surface area contributed by atoms with Gasteiger partial charge < -0.3 is 20.5 Å². The molecule has 0 saturated heterocycles. The van der Waals surface area contributed by atoms with Gasteiger partial charge in [-0.1, -0.05) is 12.1 Å². The van der Waals surface area contributed by atoms with Crippen LogP contribution in [0.5, 0.6) is 5.75 Å². The Balaban J connectivity index is 1.68. The number of anilines is 1. The number of methoxy groups -OCH3 is 1. The van der Waals surface area contributed by atoms with Gasteiger partial charge >= 0.3 is 6.03 Å². The number of rotatable bonds is 4. The third-order valence-electron chi connectivity index (χ3n) is 4.87. The van der Waals surface area contributed by atoms with Crippen LogP contribution >= 0.6 is 0 Å². The van der Waals surface area contributed by atoms with Gasteiger partial charge in [-0.15, -0.1) is 0 Å². The Morgan fingerprint density at radius 2 is 1.92 bits per heavy atom. The molecule has 0 heterocycles. The number of hydrogen-bond acceptors (Lipinski definition) is 3.